The molecule has 0 atom stereocenters. The number of benzene rings is 3. The van der Waals surface area contributed by atoms with Crippen molar-refractivity contribution in [2.24, 2.45) is 0 Å². The summed E-state index contributed by atoms with van der Waals surface area (Å²) < 4.78 is 10.8. The van der Waals surface area contributed by atoms with Crippen LogP contribution in [0.3, 0.4) is 0 Å². The van der Waals surface area contributed by atoms with Gasteiger partial charge in [-0.2, -0.15) is 0 Å². The first-order valence-electron chi connectivity index (χ1n) is 9.16. The van der Waals surface area contributed by atoms with Crippen molar-refractivity contribution in [3.63, 3.8) is 0 Å². The lowest BCUT2D eigenvalue weighted by atomic mass is 10.2. The van der Waals surface area contributed by atoms with E-state index in [1.54, 1.807) is 48.5 Å². The predicted molar refractivity (Wildman–Crippen MR) is 128 cm³/mol. The highest BCUT2D eigenvalue weighted by atomic mass is 35.5. The molecule has 3 aromatic carbocycles. The molecule has 0 aliphatic rings. The van der Waals surface area contributed by atoms with E-state index in [1.165, 1.54) is 12.1 Å². The predicted octanol–water partition coefficient (Wildman–Crippen LogP) is 6.34. The molecule has 0 aromatic heterocycles. The molecule has 6 nitrogen and oxygen atoms in total. The summed E-state index contributed by atoms with van der Waals surface area (Å²) in [4.78, 5) is 24.6. The third-order valence-electron chi connectivity index (χ3n) is 3.98. The van der Waals surface area contributed by atoms with E-state index in [2.05, 4.69) is 10.6 Å². The fourth-order valence-corrected chi connectivity index (χ4v) is 3.47. The highest BCUT2D eigenvalue weighted by Gasteiger charge is 2.12. The lowest BCUT2D eigenvalue weighted by molar-refractivity contribution is -0.119. The molecule has 0 saturated carbocycles. The maximum atomic E-state index is 12.3. The van der Waals surface area contributed by atoms with Gasteiger partial charge in [0.05, 0.1) is 21.4 Å². The molecule has 166 valence electrons. The van der Waals surface area contributed by atoms with E-state index in [0.29, 0.717) is 43.0 Å². The number of halogens is 4. The van der Waals surface area contributed by atoms with Crippen LogP contribution in [0.5, 0.6) is 11.5 Å². The van der Waals surface area contributed by atoms with Crippen LogP contribution in [0.4, 0.5) is 11.4 Å². The Balaban J connectivity index is 1.56. The summed E-state index contributed by atoms with van der Waals surface area (Å²) in [6.45, 7) is -0.580. The second-order valence-corrected chi connectivity index (χ2v) is 8.06. The molecule has 32 heavy (non-hydrogen) atoms. The Kier molecular flexibility index (Phi) is 8.47. The van der Waals surface area contributed by atoms with Crippen LogP contribution in [0.25, 0.3) is 0 Å². The summed E-state index contributed by atoms with van der Waals surface area (Å²) in [5.74, 6) is -0.236. The number of nitrogens with one attached hydrogen (secondary N) is 2. The van der Waals surface area contributed by atoms with Gasteiger partial charge in [0, 0.05) is 10.0 Å². The zero-order chi connectivity index (χ0) is 23.1. The first-order valence-corrected chi connectivity index (χ1v) is 10.7. The fourth-order valence-electron chi connectivity index (χ4n) is 2.54. The minimum Gasteiger partial charge on any atom is -0.482 e. The number of hydrogen-bond donors (Lipinski definition) is 2. The van der Waals surface area contributed by atoms with Gasteiger partial charge in [0.25, 0.3) is 11.8 Å². The van der Waals surface area contributed by atoms with E-state index in [4.69, 9.17) is 55.9 Å². The number of ether oxygens (including phenoxy) is 2. The monoisotopic (exact) mass is 512 g/mol. The van der Waals surface area contributed by atoms with Gasteiger partial charge < -0.3 is 20.1 Å². The van der Waals surface area contributed by atoms with Gasteiger partial charge in [-0.25, -0.2) is 0 Å². The quantitative estimate of drug-likeness (QED) is 0.368. The summed E-state index contributed by atoms with van der Waals surface area (Å²) in [6, 6.07) is 16.1. The van der Waals surface area contributed by atoms with Crippen molar-refractivity contribution in [2.75, 3.05) is 23.8 Å². The van der Waals surface area contributed by atoms with Gasteiger partial charge in [-0.15, -0.1) is 0 Å². The molecule has 2 amide bonds. The Labute approximate surface area is 204 Å². The number of para-hydroxylation sites is 2. The molecule has 0 aliphatic heterocycles. The van der Waals surface area contributed by atoms with Crippen LogP contribution in [0.15, 0.2) is 60.7 Å². The van der Waals surface area contributed by atoms with Crippen LogP contribution in [0.1, 0.15) is 0 Å². The maximum absolute atomic E-state index is 12.3. The van der Waals surface area contributed by atoms with Crippen LogP contribution in [0.2, 0.25) is 20.1 Å². The van der Waals surface area contributed by atoms with Crippen molar-refractivity contribution in [1.29, 1.82) is 0 Å². The van der Waals surface area contributed by atoms with E-state index >= 15 is 0 Å². The Morgan fingerprint density at radius 1 is 0.656 bits per heavy atom. The van der Waals surface area contributed by atoms with E-state index < -0.39 is 11.8 Å². The van der Waals surface area contributed by atoms with Gasteiger partial charge in [-0.05, 0) is 48.5 Å². The minimum absolute atomic E-state index is 0.290. The van der Waals surface area contributed by atoms with E-state index in [9.17, 15) is 9.59 Å². The summed E-state index contributed by atoms with van der Waals surface area (Å²) in [6.07, 6.45) is 0. The molecule has 0 heterocycles. The number of hydrogen-bond acceptors (Lipinski definition) is 4. The normalized spacial score (nSPS) is 10.4. The molecule has 0 radical (unpaired) electrons. The highest BCUT2D eigenvalue weighted by molar-refractivity contribution is 6.36. The van der Waals surface area contributed by atoms with Crippen LogP contribution in [-0.2, 0) is 9.59 Å². The number of carbonyl (C=O) groups is 2. The largest absolute Gasteiger partial charge is 0.482 e. The van der Waals surface area contributed by atoms with Crippen LogP contribution >= 0.6 is 46.4 Å². The van der Waals surface area contributed by atoms with Crippen molar-refractivity contribution >= 4 is 69.6 Å². The molecule has 2 N–H and O–H groups in total. The van der Waals surface area contributed by atoms with Crippen LogP contribution in [-0.4, -0.2) is 25.0 Å². The second-order valence-electron chi connectivity index (χ2n) is 6.37. The van der Waals surface area contributed by atoms with E-state index in [1.807, 2.05) is 0 Å². The lowest BCUT2D eigenvalue weighted by Crippen LogP contribution is -2.23. The van der Waals surface area contributed by atoms with Gasteiger partial charge >= 0.3 is 0 Å². The van der Waals surface area contributed by atoms with Gasteiger partial charge in [0.15, 0.2) is 13.2 Å². The maximum Gasteiger partial charge on any atom is 0.262 e. The molecule has 3 rings (SSSR count). The number of anilines is 2. The summed E-state index contributed by atoms with van der Waals surface area (Å²) in [5, 5.41) is 6.86. The Bertz CT molecular complexity index is 1050. The zero-order valence-corrected chi connectivity index (χ0v) is 19.4. The SMILES string of the molecule is O=C(COc1ccc(Cl)cc1Cl)Nc1ccccc1NC(=O)COc1ccc(Cl)cc1Cl. The minimum atomic E-state index is -0.443. The second kappa shape index (κ2) is 11.3. The third-order valence-corrected chi connectivity index (χ3v) is 5.04. The van der Waals surface area contributed by atoms with Gasteiger partial charge in [-0.3, -0.25) is 9.59 Å². The van der Waals surface area contributed by atoms with Crippen molar-refractivity contribution in [1.82, 2.24) is 0 Å². The summed E-state index contributed by atoms with van der Waals surface area (Å²) in [5.41, 5.74) is 0.780. The van der Waals surface area contributed by atoms with Crippen LogP contribution in [0, 0.1) is 0 Å². The molecule has 0 spiro atoms. The standard InChI is InChI=1S/C22H16Cl4N2O4/c23-13-5-7-19(15(25)9-13)31-11-21(29)27-17-3-1-2-4-18(17)28-22(30)12-32-20-8-6-14(24)10-16(20)26/h1-10H,11-12H2,(H,27,29)(H,28,30). The first kappa shape index (κ1) is 24.0. The van der Waals surface area contributed by atoms with Crippen molar-refractivity contribution in [2.45, 2.75) is 0 Å². The lowest BCUT2D eigenvalue weighted by Gasteiger charge is -2.14. The highest BCUT2D eigenvalue weighted by Crippen LogP contribution is 2.29. The number of carbonyl (C=O) groups excluding carboxylic acids is 2. The fraction of sp³-hybridized carbons (Fsp3) is 0.0909. The third kappa shape index (κ3) is 6.93. The molecule has 0 bridgehead atoms. The molecular weight excluding hydrogens is 498 g/mol. The Morgan fingerprint density at radius 3 is 1.44 bits per heavy atom. The topological polar surface area (TPSA) is 76.7 Å². The summed E-state index contributed by atoms with van der Waals surface area (Å²) >= 11 is 23.7. The van der Waals surface area contributed by atoms with Gasteiger partial charge in [0.1, 0.15) is 11.5 Å². The molecular formula is C22H16Cl4N2O4. The van der Waals surface area contributed by atoms with Gasteiger partial charge in [-0.1, -0.05) is 58.5 Å². The Morgan fingerprint density at radius 2 is 1.06 bits per heavy atom. The molecule has 0 aliphatic carbocycles. The van der Waals surface area contributed by atoms with E-state index in [-0.39, 0.29) is 13.2 Å². The number of rotatable bonds is 8. The first-order chi connectivity index (χ1) is 15.3. The van der Waals surface area contributed by atoms with E-state index in [0.717, 1.165) is 0 Å². The Hall–Kier alpha value is -2.64. The average Bonchev–Trinajstić information content (AvgIpc) is 2.74. The summed E-state index contributed by atoms with van der Waals surface area (Å²) in [7, 11) is 0. The molecule has 0 fully saturated rings. The van der Waals surface area contributed by atoms with Crippen molar-refractivity contribution in [3.8, 4) is 11.5 Å². The molecule has 10 heteroatoms. The number of amides is 2. The van der Waals surface area contributed by atoms with Gasteiger partial charge in [0.2, 0.25) is 0 Å². The molecule has 0 unspecified atom stereocenters. The smallest absolute Gasteiger partial charge is 0.262 e. The average molecular weight is 514 g/mol. The van der Waals surface area contributed by atoms with Crippen LogP contribution < -0.4 is 20.1 Å². The molecule has 3 aromatic rings. The molecule has 0 saturated heterocycles. The van der Waals surface area contributed by atoms with Crippen molar-refractivity contribution in [3.05, 3.63) is 80.8 Å². The zero-order valence-electron chi connectivity index (χ0n) is 16.3. The van der Waals surface area contributed by atoms with Crippen molar-refractivity contribution < 1.29 is 19.1 Å².